The lowest BCUT2D eigenvalue weighted by Crippen LogP contribution is -2.25. The van der Waals surface area contributed by atoms with Gasteiger partial charge in [0.1, 0.15) is 5.25 Å². The predicted molar refractivity (Wildman–Crippen MR) is 81.8 cm³/mol. The van der Waals surface area contributed by atoms with Gasteiger partial charge in [0.15, 0.2) is 0 Å². The van der Waals surface area contributed by atoms with Gasteiger partial charge >= 0.3 is 11.9 Å². The lowest BCUT2D eigenvalue weighted by atomic mass is 10.2. The van der Waals surface area contributed by atoms with Crippen molar-refractivity contribution in [3.05, 3.63) is 0 Å². The molecule has 0 rings (SSSR count). The lowest BCUT2D eigenvalue weighted by Gasteiger charge is -2.13. The van der Waals surface area contributed by atoms with E-state index in [1.807, 2.05) is 6.92 Å². The number of hydrogen-bond donors (Lipinski definition) is 1. The van der Waals surface area contributed by atoms with Gasteiger partial charge in [-0.25, -0.2) is 5.26 Å². The second kappa shape index (κ2) is 15.1. The van der Waals surface area contributed by atoms with Crippen LogP contribution in [0, 0.1) is 0 Å². The summed E-state index contributed by atoms with van der Waals surface area (Å²) in [4.78, 5) is 23.5. The van der Waals surface area contributed by atoms with Crippen molar-refractivity contribution in [3.63, 3.8) is 0 Å². The van der Waals surface area contributed by atoms with Gasteiger partial charge < -0.3 is 9.47 Å². The molecule has 1 N–H and O–H groups in total. The highest BCUT2D eigenvalue weighted by atomic mass is 32.2. The fourth-order valence-electron chi connectivity index (χ4n) is 1.56. The summed E-state index contributed by atoms with van der Waals surface area (Å²) >= 11 is 0.516. The third kappa shape index (κ3) is 11.8. The molecule has 0 aliphatic heterocycles. The Morgan fingerprint density at radius 1 is 1.00 bits per heavy atom. The summed E-state index contributed by atoms with van der Waals surface area (Å²) in [5, 5.41) is 10.7. The Hall–Kier alpha value is -0.830. The molecule has 0 amide bonds. The second-order valence-corrected chi connectivity index (χ2v) is 5.63. The molecule has 0 bridgehead atoms. The smallest absolute Gasteiger partial charge is 0.322 e. The number of hydrogen-bond acceptors (Lipinski definition) is 8. The SMILES string of the molecule is CCCCCCOC(=O)CC(SOOO)C(=O)OCCCC. The van der Waals surface area contributed by atoms with E-state index in [1.54, 1.807) is 0 Å². The first-order chi connectivity index (χ1) is 10.7. The molecule has 0 aromatic heterocycles. The summed E-state index contributed by atoms with van der Waals surface area (Å²) in [5.41, 5.74) is 0. The molecule has 0 aromatic rings. The van der Waals surface area contributed by atoms with Crippen LogP contribution in [0.1, 0.15) is 58.8 Å². The Morgan fingerprint density at radius 2 is 1.68 bits per heavy atom. The van der Waals surface area contributed by atoms with Crippen LogP contribution in [0.15, 0.2) is 0 Å². The highest BCUT2D eigenvalue weighted by Crippen LogP contribution is 2.19. The molecule has 0 fully saturated rings. The van der Waals surface area contributed by atoms with E-state index < -0.39 is 17.2 Å². The third-order valence-corrected chi connectivity index (χ3v) is 3.53. The van der Waals surface area contributed by atoms with E-state index in [4.69, 9.17) is 14.7 Å². The molecular weight excluding hydrogens is 312 g/mol. The molecule has 0 heterocycles. The van der Waals surface area contributed by atoms with E-state index in [0.29, 0.717) is 18.6 Å². The average Bonchev–Trinajstić information content (AvgIpc) is 2.51. The van der Waals surface area contributed by atoms with Crippen LogP contribution in [0.2, 0.25) is 0 Å². The Bertz CT molecular complexity index is 299. The van der Waals surface area contributed by atoms with Crippen LogP contribution >= 0.6 is 12.0 Å². The molecule has 0 saturated carbocycles. The zero-order valence-electron chi connectivity index (χ0n) is 13.2. The van der Waals surface area contributed by atoms with Crippen LogP contribution in [-0.4, -0.2) is 35.7 Å². The Morgan fingerprint density at radius 3 is 2.32 bits per heavy atom. The monoisotopic (exact) mass is 338 g/mol. The Labute approximate surface area is 135 Å². The van der Waals surface area contributed by atoms with E-state index in [1.165, 1.54) is 0 Å². The third-order valence-electron chi connectivity index (χ3n) is 2.80. The number of carbonyl (C=O) groups is 2. The van der Waals surface area contributed by atoms with Gasteiger partial charge in [-0.1, -0.05) is 44.6 Å². The first-order valence-electron chi connectivity index (χ1n) is 7.61. The van der Waals surface area contributed by atoms with E-state index >= 15 is 0 Å². The van der Waals surface area contributed by atoms with Gasteiger partial charge in [0.2, 0.25) is 0 Å². The maximum atomic E-state index is 11.8. The van der Waals surface area contributed by atoms with Crippen molar-refractivity contribution in [1.82, 2.24) is 0 Å². The van der Waals surface area contributed by atoms with Crippen molar-refractivity contribution in [3.8, 4) is 0 Å². The fraction of sp³-hybridized carbons (Fsp3) is 0.857. The zero-order valence-corrected chi connectivity index (χ0v) is 14.1. The normalized spacial score (nSPS) is 12.0. The standard InChI is InChI=1S/C14H26O7S/c1-3-5-7-8-10-18-13(15)11-12(22-21-20-17)14(16)19-9-6-4-2/h12,17H,3-11H2,1-2H3. The van der Waals surface area contributed by atoms with Gasteiger partial charge in [-0.15, -0.1) is 4.33 Å². The Kier molecular flexibility index (Phi) is 14.5. The van der Waals surface area contributed by atoms with Crippen LogP contribution in [0.5, 0.6) is 0 Å². The van der Waals surface area contributed by atoms with Crippen molar-refractivity contribution in [2.75, 3.05) is 13.2 Å². The minimum Gasteiger partial charge on any atom is -0.466 e. The molecule has 0 saturated heterocycles. The molecule has 7 nitrogen and oxygen atoms in total. The lowest BCUT2D eigenvalue weighted by molar-refractivity contribution is -0.432. The molecule has 0 spiro atoms. The van der Waals surface area contributed by atoms with Gasteiger partial charge in [-0.2, -0.15) is 0 Å². The quantitative estimate of drug-likeness (QED) is 0.170. The molecule has 8 heteroatoms. The maximum absolute atomic E-state index is 11.8. The van der Waals surface area contributed by atoms with Crippen molar-refractivity contribution in [2.45, 2.75) is 64.0 Å². The van der Waals surface area contributed by atoms with Crippen molar-refractivity contribution in [1.29, 1.82) is 0 Å². The highest BCUT2D eigenvalue weighted by Gasteiger charge is 2.26. The molecule has 1 unspecified atom stereocenters. The van der Waals surface area contributed by atoms with Crippen LogP contribution in [0.25, 0.3) is 0 Å². The fourth-order valence-corrected chi connectivity index (χ4v) is 2.04. The van der Waals surface area contributed by atoms with Gasteiger partial charge in [-0.3, -0.25) is 9.59 Å². The summed E-state index contributed by atoms with van der Waals surface area (Å²) in [7, 11) is 0. The van der Waals surface area contributed by atoms with E-state index in [0.717, 1.165) is 38.5 Å². The van der Waals surface area contributed by atoms with Gasteiger partial charge in [0, 0.05) is 0 Å². The summed E-state index contributed by atoms with van der Waals surface area (Å²) in [5.74, 6) is -1.11. The van der Waals surface area contributed by atoms with Crippen LogP contribution < -0.4 is 0 Å². The topological polar surface area (TPSA) is 91.3 Å². The average molecular weight is 338 g/mol. The first kappa shape index (κ1) is 21.2. The van der Waals surface area contributed by atoms with Crippen molar-refractivity contribution < 1.29 is 33.7 Å². The largest absolute Gasteiger partial charge is 0.466 e. The summed E-state index contributed by atoms with van der Waals surface area (Å²) in [6, 6.07) is 0. The van der Waals surface area contributed by atoms with Gasteiger partial charge in [0.05, 0.1) is 31.7 Å². The molecular formula is C14H26O7S. The molecule has 0 aliphatic rings. The summed E-state index contributed by atoms with van der Waals surface area (Å²) < 4.78 is 14.3. The number of rotatable bonds is 14. The van der Waals surface area contributed by atoms with Gasteiger partial charge in [0.25, 0.3) is 0 Å². The van der Waals surface area contributed by atoms with Crippen LogP contribution in [0.4, 0.5) is 0 Å². The molecule has 0 aromatic carbocycles. The number of esters is 2. The molecule has 0 radical (unpaired) electrons. The van der Waals surface area contributed by atoms with Crippen molar-refractivity contribution in [2.24, 2.45) is 0 Å². The molecule has 1 atom stereocenters. The van der Waals surface area contributed by atoms with Crippen LogP contribution in [-0.2, 0) is 28.4 Å². The first-order valence-corrected chi connectivity index (χ1v) is 8.41. The minimum atomic E-state index is -0.938. The van der Waals surface area contributed by atoms with E-state index in [-0.39, 0.29) is 13.0 Å². The second-order valence-electron chi connectivity index (χ2n) is 4.73. The predicted octanol–water partition coefficient (Wildman–Crippen LogP) is 3.28. The van der Waals surface area contributed by atoms with E-state index in [2.05, 4.69) is 16.3 Å². The molecule has 130 valence electrons. The van der Waals surface area contributed by atoms with E-state index in [9.17, 15) is 9.59 Å². The number of unbranched alkanes of at least 4 members (excludes halogenated alkanes) is 4. The maximum Gasteiger partial charge on any atom is 0.322 e. The number of ether oxygens (including phenoxy) is 2. The Balaban J connectivity index is 4.09. The minimum absolute atomic E-state index is 0.202. The number of carbonyl (C=O) groups excluding carboxylic acids is 2. The van der Waals surface area contributed by atoms with Crippen molar-refractivity contribution >= 4 is 24.0 Å². The molecule has 0 aliphatic carbocycles. The summed E-state index contributed by atoms with van der Waals surface area (Å²) in [6.45, 7) is 4.68. The molecule has 22 heavy (non-hydrogen) atoms. The zero-order chi connectivity index (χ0) is 16.6. The van der Waals surface area contributed by atoms with Gasteiger partial charge in [-0.05, 0) is 12.8 Å². The summed E-state index contributed by atoms with van der Waals surface area (Å²) in [6.07, 6.45) is 5.43. The highest BCUT2D eigenvalue weighted by molar-refractivity contribution is 7.95. The van der Waals surface area contributed by atoms with Crippen LogP contribution in [0.3, 0.4) is 0 Å².